The molecule has 8 nitrogen and oxygen atoms in total. The van der Waals surface area contributed by atoms with Crippen LogP contribution in [0.3, 0.4) is 0 Å². The zero-order valence-electron chi connectivity index (χ0n) is 22.0. The number of nitrogens with zero attached hydrogens (tertiary/aromatic N) is 3. The average molecular weight is 640 g/mol. The number of hydrogen-bond acceptors (Lipinski definition) is 6. The number of halogens is 5. The van der Waals surface area contributed by atoms with E-state index in [-0.39, 0.29) is 23.5 Å². The molecular weight excluding hydrogens is 614 g/mol. The van der Waals surface area contributed by atoms with Gasteiger partial charge in [0.25, 0.3) is 5.91 Å². The zero-order valence-corrected chi connectivity index (χ0v) is 23.6. The van der Waals surface area contributed by atoms with E-state index >= 15 is 0 Å². The predicted molar refractivity (Wildman–Crippen MR) is 145 cm³/mol. The molecule has 1 aliphatic heterocycles. The van der Waals surface area contributed by atoms with Crippen LogP contribution in [0.2, 0.25) is 0 Å². The van der Waals surface area contributed by atoms with Crippen LogP contribution in [0, 0.1) is 5.82 Å². The maximum absolute atomic E-state index is 14.6. The number of carboxylic acids is 1. The Morgan fingerprint density at radius 1 is 1.12 bits per heavy atom. The molecule has 1 fully saturated rings. The van der Waals surface area contributed by atoms with Gasteiger partial charge >= 0.3 is 12.1 Å². The fourth-order valence-corrected chi connectivity index (χ4v) is 4.70. The normalized spacial score (nSPS) is 14.2. The molecule has 4 rings (SSSR count). The lowest BCUT2D eigenvalue weighted by molar-refractivity contribution is -0.139. The molecule has 2 aromatic carbocycles. The van der Waals surface area contributed by atoms with Crippen LogP contribution < -0.4 is 9.64 Å². The standard InChI is InChI=1S/C28H26BrF4N3O5/c1-16(2)36(26(37)20-5-3-18(29)12-23(20)30)24-6-4-19(13-21(24)27(38)39)41-25-22(28(31,32)33)11-17(14-34-25)15-35-7-9-40-10-8-35/h3-6,11-14,16H,7-10,15H2,1-2H3,(H,38,39). The van der Waals surface area contributed by atoms with E-state index in [1.807, 2.05) is 4.90 Å². The number of aromatic nitrogens is 1. The molecule has 218 valence electrons. The van der Waals surface area contributed by atoms with E-state index in [9.17, 15) is 32.3 Å². The number of benzene rings is 2. The molecule has 0 atom stereocenters. The summed E-state index contributed by atoms with van der Waals surface area (Å²) < 4.78 is 67.6. The van der Waals surface area contributed by atoms with Crippen LogP contribution in [-0.2, 0) is 17.5 Å². The predicted octanol–water partition coefficient (Wildman–Crippen LogP) is 6.38. The van der Waals surface area contributed by atoms with E-state index in [0.717, 1.165) is 23.1 Å². The minimum absolute atomic E-state index is 0.0861. The summed E-state index contributed by atoms with van der Waals surface area (Å²) in [7, 11) is 0. The highest BCUT2D eigenvalue weighted by atomic mass is 79.9. The zero-order chi connectivity index (χ0) is 29.9. The number of hydrogen-bond donors (Lipinski definition) is 1. The number of amides is 1. The summed E-state index contributed by atoms with van der Waals surface area (Å²) in [4.78, 5) is 32.4. The second-order valence-corrected chi connectivity index (χ2v) is 10.5. The third-order valence-corrected chi connectivity index (χ3v) is 6.79. The van der Waals surface area contributed by atoms with E-state index in [1.54, 1.807) is 13.8 Å². The Labute approximate surface area is 241 Å². The van der Waals surface area contributed by atoms with E-state index in [4.69, 9.17) is 9.47 Å². The quantitative estimate of drug-likeness (QED) is 0.286. The van der Waals surface area contributed by atoms with Crippen molar-refractivity contribution in [2.45, 2.75) is 32.6 Å². The van der Waals surface area contributed by atoms with Crippen molar-refractivity contribution >= 4 is 33.5 Å². The first-order chi connectivity index (χ1) is 19.3. The number of carbonyl (C=O) groups is 2. The van der Waals surface area contributed by atoms with E-state index in [0.29, 0.717) is 36.3 Å². The number of pyridine rings is 1. The first-order valence-corrected chi connectivity index (χ1v) is 13.3. The minimum Gasteiger partial charge on any atom is -0.478 e. The second kappa shape index (κ2) is 12.5. The molecule has 1 saturated heterocycles. The van der Waals surface area contributed by atoms with E-state index < -0.39 is 46.9 Å². The first-order valence-electron chi connectivity index (χ1n) is 12.5. The maximum Gasteiger partial charge on any atom is 0.421 e. The van der Waals surface area contributed by atoms with Crippen molar-refractivity contribution in [1.29, 1.82) is 0 Å². The van der Waals surface area contributed by atoms with E-state index in [1.165, 1.54) is 30.5 Å². The summed E-state index contributed by atoms with van der Waals surface area (Å²) in [6, 6.07) is 7.66. The number of carboxylic acid groups (broad SMARTS) is 1. The van der Waals surface area contributed by atoms with Crippen LogP contribution in [0.4, 0.5) is 23.2 Å². The van der Waals surface area contributed by atoms with Crippen LogP contribution in [0.15, 0.2) is 53.1 Å². The maximum atomic E-state index is 14.6. The van der Waals surface area contributed by atoms with Crippen molar-refractivity contribution in [2.24, 2.45) is 0 Å². The Balaban J connectivity index is 1.67. The first kappa shape index (κ1) is 30.4. The summed E-state index contributed by atoms with van der Waals surface area (Å²) in [6.45, 7) is 5.60. The molecular formula is C28H26BrF4N3O5. The van der Waals surface area contributed by atoms with Gasteiger partial charge in [0.2, 0.25) is 5.88 Å². The molecule has 1 aliphatic rings. The van der Waals surface area contributed by atoms with Gasteiger partial charge in [0.15, 0.2) is 0 Å². The number of carbonyl (C=O) groups excluding carboxylic acids is 1. The molecule has 0 aliphatic carbocycles. The van der Waals surface area contributed by atoms with Gasteiger partial charge in [-0.05, 0) is 61.9 Å². The third kappa shape index (κ3) is 7.21. The highest BCUT2D eigenvalue weighted by molar-refractivity contribution is 9.10. The number of alkyl halides is 3. The number of rotatable bonds is 8. The summed E-state index contributed by atoms with van der Waals surface area (Å²) >= 11 is 3.13. The molecule has 13 heteroatoms. The van der Waals surface area contributed by atoms with Gasteiger partial charge in [0.05, 0.1) is 30.0 Å². The van der Waals surface area contributed by atoms with Crippen LogP contribution in [0.25, 0.3) is 0 Å². The number of anilines is 1. The van der Waals surface area contributed by atoms with Gasteiger partial charge < -0.3 is 19.5 Å². The van der Waals surface area contributed by atoms with Gasteiger partial charge in [-0.2, -0.15) is 13.2 Å². The Morgan fingerprint density at radius 2 is 1.83 bits per heavy atom. The van der Waals surface area contributed by atoms with Crippen molar-refractivity contribution in [3.8, 4) is 11.6 Å². The molecule has 3 aromatic rings. The summed E-state index contributed by atoms with van der Waals surface area (Å²) in [5.74, 6) is -4.06. The molecule has 0 saturated carbocycles. The van der Waals surface area contributed by atoms with Gasteiger partial charge in [-0.1, -0.05) is 15.9 Å². The fourth-order valence-electron chi connectivity index (χ4n) is 4.37. The van der Waals surface area contributed by atoms with Crippen LogP contribution in [-0.4, -0.2) is 59.2 Å². The van der Waals surface area contributed by atoms with Crippen molar-refractivity contribution in [2.75, 3.05) is 31.2 Å². The van der Waals surface area contributed by atoms with Gasteiger partial charge in [0, 0.05) is 36.3 Å². The SMILES string of the molecule is CC(C)N(C(=O)c1ccc(Br)cc1F)c1ccc(Oc2ncc(CN3CCOCC3)cc2C(F)(F)F)cc1C(=O)O. The van der Waals surface area contributed by atoms with Crippen molar-refractivity contribution in [3.05, 3.63) is 81.2 Å². The topological polar surface area (TPSA) is 92.2 Å². The van der Waals surface area contributed by atoms with Crippen LogP contribution in [0.5, 0.6) is 11.6 Å². The fraction of sp³-hybridized carbons (Fsp3) is 0.321. The second-order valence-electron chi connectivity index (χ2n) is 9.56. The van der Waals surface area contributed by atoms with Gasteiger partial charge in [-0.3, -0.25) is 9.69 Å². The molecule has 41 heavy (non-hydrogen) atoms. The molecule has 2 heterocycles. The Hall–Kier alpha value is -3.55. The van der Waals surface area contributed by atoms with Crippen LogP contribution in [0.1, 0.15) is 45.7 Å². The number of aromatic carboxylic acids is 1. The van der Waals surface area contributed by atoms with Gasteiger partial charge in [0.1, 0.15) is 17.1 Å². The number of morpholine rings is 1. The largest absolute Gasteiger partial charge is 0.478 e. The van der Waals surface area contributed by atoms with E-state index in [2.05, 4.69) is 20.9 Å². The lowest BCUT2D eigenvalue weighted by Crippen LogP contribution is -2.38. The monoisotopic (exact) mass is 639 g/mol. The average Bonchev–Trinajstić information content (AvgIpc) is 2.90. The highest BCUT2D eigenvalue weighted by Crippen LogP contribution is 2.38. The van der Waals surface area contributed by atoms with Crippen molar-refractivity contribution < 1.29 is 41.7 Å². The van der Waals surface area contributed by atoms with Crippen molar-refractivity contribution in [1.82, 2.24) is 9.88 Å². The van der Waals surface area contributed by atoms with Crippen molar-refractivity contribution in [3.63, 3.8) is 0 Å². The molecule has 0 spiro atoms. The smallest absolute Gasteiger partial charge is 0.421 e. The molecule has 1 aromatic heterocycles. The van der Waals surface area contributed by atoms with Gasteiger partial charge in [-0.15, -0.1) is 0 Å². The summed E-state index contributed by atoms with van der Waals surface area (Å²) in [5, 5.41) is 9.92. The lowest BCUT2D eigenvalue weighted by atomic mass is 10.1. The Morgan fingerprint density at radius 3 is 2.44 bits per heavy atom. The molecule has 1 amide bonds. The summed E-state index contributed by atoms with van der Waals surface area (Å²) in [6.07, 6.45) is -3.52. The Kier molecular flexibility index (Phi) is 9.30. The van der Waals surface area contributed by atoms with Gasteiger partial charge in [-0.25, -0.2) is 14.2 Å². The molecule has 0 radical (unpaired) electrons. The Bertz CT molecular complexity index is 1440. The highest BCUT2D eigenvalue weighted by Gasteiger charge is 2.36. The minimum atomic E-state index is -4.80. The third-order valence-electron chi connectivity index (χ3n) is 6.29. The lowest BCUT2D eigenvalue weighted by Gasteiger charge is -2.28. The number of ether oxygens (including phenoxy) is 2. The molecule has 0 unspecified atom stereocenters. The van der Waals surface area contributed by atoms with Crippen LogP contribution >= 0.6 is 15.9 Å². The molecule has 0 bridgehead atoms. The summed E-state index contributed by atoms with van der Waals surface area (Å²) in [5.41, 5.74) is -1.58. The molecule has 1 N–H and O–H groups in total.